The van der Waals surface area contributed by atoms with Crippen molar-refractivity contribution in [2.75, 3.05) is 0 Å². The number of carbonyl (C=O) groups is 2. The van der Waals surface area contributed by atoms with Crippen LogP contribution < -0.4 is 4.74 Å². The van der Waals surface area contributed by atoms with E-state index in [1.807, 2.05) is 30.3 Å². The lowest BCUT2D eigenvalue weighted by atomic mass is 9.75. The van der Waals surface area contributed by atoms with Gasteiger partial charge in [0.05, 0.1) is 12.5 Å². The number of aromatic nitrogens is 3. The molecule has 0 bridgehead atoms. The molecule has 8 nitrogen and oxygen atoms in total. The lowest BCUT2D eigenvalue weighted by Gasteiger charge is -2.37. The van der Waals surface area contributed by atoms with Crippen LogP contribution >= 0.6 is 0 Å². The number of allylic oxidation sites excluding steroid dienone is 2. The maximum absolute atomic E-state index is 13.7. The van der Waals surface area contributed by atoms with Crippen LogP contribution in [0, 0.1) is 30.2 Å². The molecule has 1 aliphatic rings. The number of esters is 2. The first kappa shape index (κ1) is 26.9. The van der Waals surface area contributed by atoms with E-state index in [1.54, 1.807) is 12.2 Å². The Kier molecular flexibility index (Phi) is 8.16. The van der Waals surface area contributed by atoms with Gasteiger partial charge in [-0.25, -0.2) is 19.1 Å². The van der Waals surface area contributed by atoms with Crippen LogP contribution in [0.15, 0.2) is 55.6 Å². The van der Waals surface area contributed by atoms with Crippen LogP contribution in [0.1, 0.15) is 56.8 Å². The highest BCUT2D eigenvalue weighted by molar-refractivity contribution is 6.05. The first-order valence-corrected chi connectivity index (χ1v) is 13.0. The third-order valence-electron chi connectivity index (χ3n) is 7.22. The smallest absolute Gasteiger partial charge is 0.331 e. The van der Waals surface area contributed by atoms with Gasteiger partial charge in [-0.2, -0.15) is 0 Å². The molecule has 0 radical (unpaired) electrons. The monoisotopic (exact) mass is 514 g/mol. The van der Waals surface area contributed by atoms with Gasteiger partial charge in [-0.15, -0.1) is 13.2 Å². The first-order valence-electron chi connectivity index (χ1n) is 13.0. The van der Waals surface area contributed by atoms with Gasteiger partial charge in [-0.3, -0.25) is 9.89 Å². The van der Waals surface area contributed by atoms with Gasteiger partial charge in [0.2, 0.25) is 5.88 Å². The number of nitrogens with zero attached hydrogens (tertiary/aromatic N) is 3. The van der Waals surface area contributed by atoms with Crippen LogP contribution in [-0.2, 0) is 9.53 Å². The van der Waals surface area contributed by atoms with Crippen molar-refractivity contribution in [2.45, 2.75) is 52.6 Å². The quantitative estimate of drug-likeness (QED) is 0.193. The Morgan fingerprint density at radius 3 is 2.37 bits per heavy atom. The van der Waals surface area contributed by atoms with Crippen molar-refractivity contribution in [3.05, 3.63) is 72.6 Å². The molecule has 0 amide bonds. The molecule has 38 heavy (non-hydrogen) atoms. The molecule has 1 aliphatic carbocycles. The third-order valence-corrected chi connectivity index (χ3v) is 7.22. The summed E-state index contributed by atoms with van der Waals surface area (Å²) in [5.74, 6) is -0.415. The zero-order valence-corrected chi connectivity index (χ0v) is 22.1. The molecule has 2 heterocycles. The lowest BCUT2D eigenvalue weighted by Crippen LogP contribution is -2.37. The van der Waals surface area contributed by atoms with E-state index in [2.05, 4.69) is 48.9 Å². The second-order valence-corrected chi connectivity index (χ2v) is 10.3. The highest BCUT2D eigenvalue weighted by atomic mass is 16.6. The van der Waals surface area contributed by atoms with Gasteiger partial charge in [0.15, 0.2) is 11.5 Å². The van der Waals surface area contributed by atoms with E-state index in [1.165, 1.54) is 4.52 Å². The number of aromatic amines is 1. The van der Waals surface area contributed by atoms with Crippen molar-refractivity contribution in [3.63, 3.8) is 0 Å². The van der Waals surface area contributed by atoms with Gasteiger partial charge in [0.1, 0.15) is 11.7 Å². The minimum absolute atomic E-state index is 0.0109. The summed E-state index contributed by atoms with van der Waals surface area (Å²) in [4.78, 5) is 35.0. The molecular formula is C30H34N4O4. The third kappa shape index (κ3) is 5.28. The van der Waals surface area contributed by atoms with E-state index in [9.17, 15) is 9.59 Å². The molecule has 2 atom stereocenters. The van der Waals surface area contributed by atoms with Gasteiger partial charge >= 0.3 is 11.9 Å². The summed E-state index contributed by atoms with van der Waals surface area (Å²) >= 11 is 0. The van der Waals surface area contributed by atoms with E-state index in [4.69, 9.17) is 16.0 Å². The molecular weight excluding hydrogens is 480 g/mol. The predicted octanol–water partition coefficient (Wildman–Crippen LogP) is 6.78. The zero-order chi connectivity index (χ0) is 27.4. The number of hydrogen-bond donors (Lipinski definition) is 1. The fourth-order valence-electron chi connectivity index (χ4n) is 5.56. The van der Waals surface area contributed by atoms with Crippen molar-refractivity contribution >= 4 is 23.3 Å². The summed E-state index contributed by atoms with van der Waals surface area (Å²) in [6, 6.07) is 9.37. The van der Waals surface area contributed by atoms with Crippen LogP contribution in [0.5, 0.6) is 5.88 Å². The second kappa shape index (κ2) is 11.5. The Balaban J connectivity index is 1.79. The summed E-state index contributed by atoms with van der Waals surface area (Å²) in [7, 11) is 0. The largest absolute Gasteiger partial charge is 0.459 e. The van der Waals surface area contributed by atoms with Crippen LogP contribution in [0.2, 0.25) is 0 Å². The molecule has 1 N–H and O–H groups in total. The molecule has 0 aliphatic heterocycles. The Hall–Kier alpha value is -4.12. The Labute approximate surface area is 223 Å². The van der Waals surface area contributed by atoms with Crippen molar-refractivity contribution in [1.29, 1.82) is 0 Å². The predicted molar refractivity (Wildman–Crippen MR) is 146 cm³/mol. The van der Waals surface area contributed by atoms with Crippen LogP contribution in [-0.4, -0.2) is 32.6 Å². The summed E-state index contributed by atoms with van der Waals surface area (Å²) in [6.07, 6.45) is 5.68. The van der Waals surface area contributed by atoms with Gasteiger partial charge in [-0.1, -0.05) is 63.3 Å². The number of benzene rings is 1. The average Bonchev–Trinajstić information content (AvgIpc) is 3.44. The molecule has 0 saturated heterocycles. The fraction of sp³-hybridized carbons (Fsp3) is 0.400. The summed E-state index contributed by atoms with van der Waals surface area (Å²) in [5.41, 5.74) is 0.832. The Morgan fingerprint density at radius 1 is 1.16 bits per heavy atom. The van der Waals surface area contributed by atoms with Crippen molar-refractivity contribution < 1.29 is 19.1 Å². The van der Waals surface area contributed by atoms with E-state index in [0.29, 0.717) is 24.6 Å². The number of fused-ring (bicyclic) bond motifs is 1. The Bertz CT molecular complexity index is 1360. The fourth-order valence-corrected chi connectivity index (χ4v) is 5.56. The molecule has 1 saturated carbocycles. The summed E-state index contributed by atoms with van der Waals surface area (Å²) in [5, 5.41) is 3.10. The van der Waals surface area contributed by atoms with Crippen LogP contribution in [0.25, 0.3) is 21.9 Å². The Morgan fingerprint density at radius 2 is 1.79 bits per heavy atom. The number of carbonyl (C=O) groups excluding carboxylic acids is 2. The summed E-state index contributed by atoms with van der Waals surface area (Å²) < 4.78 is 13.2. The van der Waals surface area contributed by atoms with E-state index >= 15 is 0 Å². The number of hydrogen-bond acceptors (Lipinski definition) is 5. The molecule has 0 spiro atoms. The summed E-state index contributed by atoms with van der Waals surface area (Å²) in [6.45, 7) is 21.7. The van der Waals surface area contributed by atoms with Gasteiger partial charge in [0.25, 0.3) is 5.69 Å². The van der Waals surface area contributed by atoms with Crippen molar-refractivity contribution in [3.8, 4) is 17.3 Å². The zero-order valence-electron chi connectivity index (χ0n) is 22.1. The first-order chi connectivity index (χ1) is 18.3. The molecule has 2 unspecified atom stereocenters. The standard InChI is InChI=1S/C30H34N4O4/c1-7-12-22(13-8-2)29(35)38-28-24(31-6)23(30(36)37-25-19(4)16-18(3)17-20(25)5)27-32-26(33-34(27)28)21-14-10-9-11-15-21/h7-11,14-15,18-20,22,25H,1-2,12-13,16-17H2,3-5H3,(H,32,33). The maximum atomic E-state index is 13.7. The lowest BCUT2D eigenvalue weighted by molar-refractivity contribution is -0.139. The number of rotatable bonds is 9. The van der Waals surface area contributed by atoms with E-state index < -0.39 is 17.9 Å². The number of ether oxygens (including phenoxy) is 2. The van der Waals surface area contributed by atoms with E-state index in [-0.39, 0.29) is 40.7 Å². The molecule has 8 heteroatoms. The van der Waals surface area contributed by atoms with Crippen LogP contribution in [0.4, 0.5) is 5.69 Å². The second-order valence-electron chi connectivity index (χ2n) is 10.3. The molecule has 4 rings (SSSR count). The van der Waals surface area contributed by atoms with Crippen LogP contribution in [0.3, 0.4) is 0 Å². The minimum atomic E-state index is -0.645. The molecule has 2 aromatic heterocycles. The normalized spacial score (nSPS) is 21.1. The SMILES string of the molecule is [C-]#[N+]c1c(C(=O)OC2C(C)CC(C)CC2C)c2nc(-c3ccccc3)[nH]n2c1OC(=O)C(CC=C)CC=C. The highest BCUT2D eigenvalue weighted by Crippen LogP contribution is 2.41. The van der Waals surface area contributed by atoms with Gasteiger partial charge in [-0.05, 0) is 43.4 Å². The molecule has 198 valence electrons. The highest BCUT2D eigenvalue weighted by Gasteiger charge is 2.37. The average molecular weight is 515 g/mol. The number of nitrogens with one attached hydrogen (secondary N) is 1. The van der Waals surface area contributed by atoms with E-state index in [0.717, 1.165) is 18.4 Å². The van der Waals surface area contributed by atoms with Crippen molar-refractivity contribution in [2.24, 2.45) is 23.7 Å². The molecule has 3 aromatic rings. The molecule has 1 aromatic carbocycles. The minimum Gasteiger partial charge on any atom is -0.459 e. The number of H-pyrrole nitrogens is 1. The molecule has 1 fully saturated rings. The topological polar surface area (TPSA) is 90.1 Å². The van der Waals surface area contributed by atoms with Gasteiger partial charge < -0.3 is 9.47 Å². The van der Waals surface area contributed by atoms with Crippen molar-refractivity contribution in [1.82, 2.24) is 14.6 Å². The maximum Gasteiger partial charge on any atom is 0.331 e. The van der Waals surface area contributed by atoms with Gasteiger partial charge in [0, 0.05) is 5.56 Å².